The van der Waals surface area contributed by atoms with Gasteiger partial charge in [0.15, 0.2) is 18.1 Å². The van der Waals surface area contributed by atoms with E-state index in [-0.39, 0.29) is 24.7 Å². The second-order valence-electron chi connectivity index (χ2n) is 6.49. The van der Waals surface area contributed by atoms with E-state index in [1.54, 1.807) is 12.1 Å². The van der Waals surface area contributed by atoms with Crippen LogP contribution in [0.3, 0.4) is 0 Å². The molecule has 0 radical (unpaired) electrons. The summed E-state index contributed by atoms with van der Waals surface area (Å²) in [6.45, 7) is -0.265. The van der Waals surface area contributed by atoms with Gasteiger partial charge in [0.2, 0.25) is 6.79 Å². The zero-order chi connectivity index (χ0) is 21.6. The van der Waals surface area contributed by atoms with E-state index in [0.717, 1.165) is 11.1 Å². The van der Waals surface area contributed by atoms with E-state index in [1.165, 1.54) is 18.3 Å². The van der Waals surface area contributed by atoms with Crippen molar-refractivity contribution in [3.05, 3.63) is 82.4 Å². The number of nitro benzene ring substituents is 1. The first-order valence-corrected chi connectivity index (χ1v) is 9.28. The van der Waals surface area contributed by atoms with Crippen LogP contribution in [0.25, 0.3) is 11.1 Å². The van der Waals surface area contributed by atoms with Crippen LogP contribution in [0.4, 0.5) is 5.69 Å². The number of nitrogens with zero attached hydrogens (tertiary/aromatic N) is 2. The molecule has 0 unspecified atom stereocenters. The summed E-state index contributed by atoms with van der Waals surface area (Å²) >= 11 is 0. The number of benzene rings is 3. The third-order valence-corrected chi connectivity index (χ3v) is 4.44. The topological polar surface area (TPSA) is 112 Å². The maximum Gasteiger partial charge on any atom is 0.282 e. The molecule has 9 nitrogen and oxygen atoms in total. The normalized spacial score (nSPS) is 12.0. The molecule has 1 aliphatic heterocycles. The fraction of sp³-hybridized carbons (Fsp3) is 0.0909. The fourth-order valence-electron chi connectivity index (χ4n) is 2.94. The molecule has 1 heterocycles. The van der Waals surface area contributed by atoms with Crippen molar-refractivity contribution in [2.24, 2.45) is 5.10 Å². The summed E-state index contributed by atoms with van der Waals surface area (Å²) in [5, 5.41) is 15.0. The first kappa shape index (κ1) is 19.9. The average Bonchev–Trinajstić information content (AvgIpc) is 3.25. The molecule has 1 N–H and O–H groups in total. The molecule has 3 aromatic rings. The van der Waals surface area contributed by atoms with Gasteiger partial charge in [-0.05, 0) is 29.3 Å². The maximum absolute atomic E-state index is 12.0. The van der Waals surface area contributed by atoms with Crippen LogP contribution in [-0.4, -0.2) is 30.4 Å². The van der Waals surface area contributed by atoms with Gasteiger partial charge in [0.1, 0.15) is 5.75 Å². The largest absolute Gasteiger partial charge is 0.484 e. The summed E-state index contributed by atoms with van der Waals surface area (Å²) in [4.78, 5) is 22.6. The molecule has 1 amide bonds. The van der Waals surface area contributed by atoms with E-state index in [2.05, 4.69) is 10.5 Å². The van der Waals surface area contributed by atoms with E-state index in [4.69, 9.17) is 14.2 Å². The minimum absolute atomic E-state index is 0.00646. The Hall–Kier alpha value is -4.40. The number of carbonyl (C=O) groups is 1. The van der Waals surface area contributed by atoms with Crippen LogP contribution in [0.1, 0.15) is 5.56 Å². The molecule has 0 bridgehead atoms. The number of amides is 1. The van der Waals surface area contributed by atoms with Crippen molar-refractivity contribution in [2.75, 3.05) is 13.4 Å². The number of fused-ring (bicyclic) bond motifs is 1. The highest BCUT2D eigenvalue weighted by atomic mass is 16.7. The highest BCUT2D eigenvalue weighted by Gasteiger charge is 2.22. The Morgan fingerprint density at radius 1 is 1.06 bits per heavy atom. The number of carbonyl (C=O) groups excluding carboxylic acids is 1. The van der Waals surface area contributed by atoms with E-state index in [1.807, 2.05) is 42.5 Å². The van der Waals surface area contributed by atoms with Crippen molar-refractivity contribution in [3.8, 4) is 28.4 Å². The van der Waals surface area contributed by atoms with Crippen molar-refractivity contribution in [1.29, 1.82) is 0 Å². The van der Waals surface area contributed by atoms with Crippen molar-refractivity contribution >= 4 is 17.8 Å². The SMILES string of the molecule is O=C(COc1ccc(-c2ccccc2)cc1)N/N=C/c1cc2c(cc1[N+](=O)[O-])OCO2. The van der Waals surface area contributed by atoms with Gasteiger partial charge in [-0.25, -0.2) is 5.43 Å². The van der Waals surface area contributed by atoms with Gasteiger partial charge in [0, 0.05) is 0 Å². The minimum Gasteiger partial charge on any atom is -0.484 e. The van der Waals surface area contributed by atoms with E-state index < -0.39 is 10.8 Å². The molecule has 0 aliphatic carbocycles. The van der Waals surface area contributed by atoms with Crippen LogP contribution in [0.15, 0.2) is 71.8 Å². The Balaban J connectivity index is 1.33. The molecule has 0 saturated carbocycles. The molecule has 3 aromatic carbocycles. The molecule has 9 heteroatoms. The Labute approximate surface area is 177 Å². The molecule has 0 atom stereocenters. The number of rotatable bonds is 7. The molecular weight excluding hydrogens is 402 g/mol. The standard InChI is InChI=1S/C22H17N3O6/c26-22(13-29-18-8-6-16(7-9-18)15-4-2-1-3-5-15)24-23-12-17-10-20-21(31-14-30-20)11-19(17)25(27)28/h1-12H,13-14H2,(H,24,26)/b23-12+. The van der Waals surface area contributed by atoms with Crippen molar-refractivity contribution < 1.29 is 23.9 Å². The lowest BCUT2D eigenvalue weighted by Crippen LogP contribution is -2.24. The van der Waals surface area contributed by atoms with Crippen LogP contribution < -0.4 is 19.6 Å². The Kier molecular flexibility index (Phi) is 5.75. The smallest absolute Gasteiger partial charge is 0.282 e. The van der Waals surface area contributed by atoms with E-state index in [9.17, 15) is 14.9 Å². The lowest BCUT2D eigenvalue weighted by Gasteiger charge is -2.06. The quantitative estimate of drug-likeness (QED) is 0.356. The van der Waals surface area contributed by atoms with E-state index in [0.29, 0.717) is 17.2 Å². The average molecular weight is 419 g/mol. The van der Waals surface area contributed by atoms with Gasteiger partial charge in [-0.2, -0.15) is 5.10 Å². The molecular formula is C22H17N3O6. The van der Waals surface area contributed by atoms with Crippen LogP contribution in [0, 0.1) is 10.1 Å². The monoisotopic (exact) mass is 419 g/mol. The summed E-state index contributed by atoms with van der Waals surface area (Å²) in [7, 11) is 0. The molecule has 31 heavy (non-hydrogen) atoms. The first-order valence-electron chi connectivity index (χ1n) is 9.28. The van der Waals surface area contributed by atoms with Crippen LogP contribution >= 0.6 is 0 Å². The van der Waals surface area contributed by atoms with Crippen LogP contribution in [0.2, 0.25) is 0 Å². The molecule has 0 fully saturated rings. The van der Waals surface area contributed by atoms with Gasteiger partial charge in [0.05, 0.1) is 22.8 Å². The van der Waals surface area contributed by atoms with Gasteiger partial charge < -0.3 is 14.2 Å². The van der Waals surface area contributed by atoms with Gasteiger partial charge in [-0.1, -0.05) is 42.5 Å². The molecule has 0 spiro atoms. The number of hydrazone groups is 1. The molecule has 1 aliphatic rings. The molecule has 156 valence electrons. The van der Waals surface area contributed by atoms with Crippen molar-refractivity contribution in [2.45, 2.75) is 0 Å². The second-order valence-corrected chi connectivity index (χ2v) is 6.49. The van der Waals surface area contributed by atoms with Gasteiger partial charge in [-0.15, -0.1) is 0 Å². The van der Waals surface area contributed by atoms with Gasteiger partial charge in [-0.3, -0.25) is 14.9 Å². The summed E-state index contributed by atoms with van der Waals surface area (Å²) < 4.78 is 15.8. The summed E-state index contributed by atoms with van der Waals surface area (Å²) in [6.07, 6.45) is 1.17. The predicted octanol–water partition coefficient (Wildman–Crippen LogP) is 3.52. The lowest BCUT2D eigenvalue weighted by atomic mass is 10.1. The fourth-order valence-corrected chi connectivity index (χ4v) is 2.94. The first-order chi connectivity index (χ1) is 15.1. The third kappa shape index (κ3) is 4.78. The van der Waals surface area contributed by atoms with Gasteiger partial charge >= 0.3 is 0 Å². The maximum atomic E-state index is 12.0. The Bertz CT molecular complexity index is 1130. The minimum atomic E-state index is -0.562. The number of ether oxygens (including phenoxy) is 3. The lowest BCUT2D eigenvalue weighted by molar-refractivity contribution is -0.385. The number of hydrogen-bond acceptors (Lipinski definition) is 7. The third-order valence-electron chi connectivity index (χ3n) is 4.44. The Morgan fingerprint density at radius 3 is 2.45 bits per heavy atom. The second kappa shape index (κ2) is 8.95. The van der Waals surface area contributed by atoms with E-state index >= 15 is 0 Å². The highest BCUT2D eigenvalue weighted by molar-refractivity contribution is 5.88. The van der Waals surface area contributed by atoms with Crippen LogP contribution in [0.5, 0.6) is 17.2 Å². The summed E-state index contributed by atoms with van der Waals surface area (Å²) in [5.74, 6) is 0.692. The number of hydrogen-bond donors (Lipinski definition) is 1. The zero-order valence-electron chi connectivity index (χ0n) is 16.2. The zero-order valence-corrected chi connectivity index (χ0v) is 16.2. The molecule has 4 rings (SSSR count). The summed E-state index contributed by atoms with van der Waals surface area (Å²) in [5.41, 5.74) is 4.36. The van der Waals surface area contributed by atoms with Crippen LogP contribution in [-0.2, 0) is 4.79 Å². The number of nitro groups is 1. The van der Waals surface area contributed by atoms with Gasteiger partial charge in [0.25, 0.3) is 11.6 Å². The summed E-state index contributed by atoms with van der Waals surface area (Å²) in [6, 6.07) is 19.9. The van der Waals surface area contributed by atoms with Crippen molar-refractivity contribution in [3.63, 3.8) is 0 Å². The molecule has 0 saturated heterocycles. The Morgan fingerprint density at radius 2 is 1.74 bits per heavy atom. The van der Waals surface area contributed by atoms with Crippen molar-refractivity contribution in [1.82, 2.24) is 5.43 Å². The number of nitrogens with one attached hydrogen (secondary N) is 1. The predicted molar refractivity (Wildman–Crippen MR) is 112 cm³/mol. The highest BCUT2D eigenvalue weighted by Crippen LogP contribution is 2.37. The molecule has 0 aromatic heterocycles.